The van der Waals surface area contributed by atoms with Gasteiger partial charge in [-0.05, 0) is 60.4 Å². The summed E-state index contributed by atoms with van der Waals surface area (Å²) in [5.74, 6) is 0. The van der Waals surface area contributed by atoms with Gasteiger partial charge in [0.1, 0.15) is 23.2 Å². The lowest BCUT2D eigenvalue weighted by atomic mass is 10.1. The van der Waals surface area contributed by atoms with Crippen LogP contribution in [0.4, 0.5) is 0 Å². The molecule has 4 aromatic carbocycles. The van der Waals surface area contributed by atoms with Crippen LogP contribution in [0.5, 0.6) is 0 Å². The third kappa shape index (κ3) is 5.79. The maximum absolute atomic E-state index is 12.4. The van der Waals surface area contributed by atoms with Gasteiger partial charge in [0.05, 0.1) is 21.5 Å². The third-order valence-corrected chi connectivity index (χ3v) is 12.2. The van der Waals surface area contributed by atoms with E-state index in [2.05, 4.69) is 43.0 Å². The Hall–Kier alpha value is -3.04. The van der Waals surface area contributed by atoms with Crippen molar-refractivity contribution in [3.8, 4) is 0 Å². The predicted molar refractivity (Wildman–Crippen MR) is 148 cm³/mol. The molecule has 0 amide bonds. The van der Waals surface area contributed by atoms with E-state index in [1.165, 1.54) is 15.9 Å². The minimum Gasteiger partial charge on any atom is -0.748 e. The van der Waals surface area contributed by atoms with Gasteiger partial charge in [0.2, 0.25) is 0 Å². The molecule has 0 aliphatic heterocycles. The van der Waals surface area contributed by atoms with E-state index < -0.39 is 22.6 Å². The van der Waals surface area contributed by atoms with Crippen molar-refractivity contribution in [3.05, 3.63) is 133 Å². The van der Waals surface area contributed by atoms with Crippen LogP contribution < -0.4 is 15.9 Å². The fourth-order valence-electron chi connectivity index (χ4n) is 4.62. The fourth-order valence-corrected chi connectivity index (χ4v) is 10.0. The molecule has 0 N–H and O–H groups in total. The monoisotopic (exact) mass is 500 g/mol. The Morgan fingerprint density at radius 2 is 1.14 bits per heavy atom. The van der Waals surface area contributed by atoms with Crippen LogP contribution in [0.15, 0.2) is 122 Å². The van der Waals surface area contributed by atoms with Gasteiger partial charge in [0, 0.05) is 0 Å². The van der Waals surface area contributed by atoms with Crippen LogP contribution in [0, 0.1) is 0 Å². The Morgan fingerprint density at radius 1 is 0.714 bits per heavy atom. The Labute approximate surface area is 209 Å². The molecule has 0 bridgehead atoms. The maximum atomic E-state index is 12.4. The summed E-state index contributed by atoms with van der Waals surface area (Å²) < 4.78 is 37.3. The normalized spacial score (nSPS) is 12.7. The van der Waals surface area contributed by atoms with Gasteiger partial charge in [0.25, 0.3) is 0 Å². The fraction of sp³-hybridized carbons (Fsp3) is 0.133. The summed E-state index contributed by atoms with van der Waals surface area (Å²) in [7, 11) is -6.71. The van der Waals surface area contributed by atoms with Crippen LogP contribution in [0.1, 0.15) is 17.5 Å². The van der Waals surface area contributed by atoms with Crippen LogP contribution in [0.25, 0.3) is 6.08 Å². The molecule has 1 atom stereocenters. The van der Waals surface area contributed by atoms with Crippen molar-refractivity contribution in [1.29, 1.82) is 0 Å². The van der Waals surface area contributed by atoms with Crippen LogP contribution in [0.3, 0.4) is 0 Å². The molecule has 178 valence electrons. The van der Waals surface area contributed by atoms with Gasteiger partial charge in [-0.2, -0.15) is 0 Å². The summed E-state index contributed by atoms with van der Waals surface area (Å²) in [4.78, 5) is 0. The van der Waals surface area contributed by atoms with Crippen LogP contribution >= 0.6 is 7.26 Å². The van der Waals surface area contributed by atoms with Crippen molar-refractivity contribution in [2.24, 2.45) is 0 Å². The van der Waals surface area contributed by atoms with E-state index in [1.54, 1.807) is 6.08 Å². The highest BCUT2D eigenvalue weighted by Gasteiger charge is 2.45. The lowest BCUT2D eigenvalue weighted by Gasteiger charge is -2.30. The molecule has 0 spiro atoms. The van der Waals surface area contributed by atoms with Gasteiger partial charge in [-0.15, -0.1) is 0 Å². The summed E-state index contributed by atoms with van der Waals surface area (Å²) in [6.07, 6.45) is 2.80. The van der Waals surface area contributed by atoms with Gasteiger partial charge >= 0.3 is 0 Å². The third-order valence-electron chi connectivity index (χ3n) is 6.46. The molecule has 4 aromatic rings. The van der Waals surface area contributed by atoms with Crippen LogP contribution in [-0.4, -0.2) is 24.4 Å². The van der Waals surface area contributed by atoms with Gasteiger partial charge in [0.15, 0.2) is 0 Å². The summed E-state index contributed by atoms with van der Waals surface area (Å²) in [5.41, 5.74) is 1.79. The van der Waals surface area contributed by atoms with Gasteiger partial charge in [-0.3, -0.25) is 0 Å². The largest absolute Gasteiger partial charge is 0.748 e. The van der Waals surface area contributed by atoms with Crippen molar-refractivity contribution in [2.75, 3.05) is 6.16 Å². The second-order valence-electron chi connectivity index (χ2n) is 8.59. The highest BCUT2D eigenvalue weighted by Crippen LogP contribution is 2.56. The van der Waals surface area contributed by atoms with E-state index in [0.717, 1.165) is 11.1 Å². The topological polar surface area (TPSA) is 57.2 Å². The summed E-state index contributed by atoms with van der Waals surface area (Å²) >= 11 is 0. The van der Waals surface area contributed by atoms with E-state index in [-0.39, 0.29) is 12.8 Å². The molecule has 0 aliphatic rings. The zero-order valence-corrected chi connectivity index (χ0v) is 21.2. The van der Waals surface area contributed by atoms with Crippen LogP contribution in [0.2, 0.25) is 0 Å². The predicted octanol–water partition coefficient (Wildman–Crippen LogP) is 5.17. The maximum Gasteiger partial charge on any atom is 0.112 e. The minimum absolute atomic E-state index is 0.196. The first kappa shape index (κ1) is 25.1. The quantitative estimate of drug-likeness (QED) is 0.223. The number of hydrogen-bond acceptors (Lipinski definition) is 3. The zero-order chi connectivity index (χ0) is 24.7. The summed E-state index contributed by atoms with van der Waals surface area (Å²) in [5, 5.41) is 2.52. The van der Waals surface area contributed by atoms with E-state index in [9.17, 15) is 13.0 Å². The van der Waals surface area contributed by atoms with Crippen molar-refractivity contribution in [2.45, 2.75) is 18.1 Å². The SMILES string of the molecule is C=Cc1ccc(CC(CC[P+](c2ccccc2)(c2ccccc2)c2ccccc2)S(=O)(=O)[O-])cc1. The van der Waals surface area contributed by atoms with E-state index in [0.29, 0.717) is 6.16 Å². The zero-order valence-electron chi connectivity index (χ0n) is 19.5. The number of rotatable bonds is 10. The first-order valence-corrected chi connectivity index (χ1v) is 15.1. The minimum atomic E-state index is -4.50. The Morgan fingerprint density at radius 3 is 1.51 bits per heavy atom. The molecule has 35 heavy (non-hydrogen) atoms. The summed E-state index contributed by atoms with van der Waals surface area (Å²) in [6.45, 7) is 3.76. The smallest absolute Gasteiger partial charge is 0.112 e. The highest BCUT2D eigenvalue weighted by atomic mass is 32.2. The average molecular weight is 501 g/mol. The second-order valence-corrected chi connectivity index (χ2v) is 13.9. The van der Waals surface area contributed by atoms with Crippen molar-refractivity contribution in [1.82, 2.24) is 0 Å². The lowest BCUT2D eigenvalue weighted by molar-refractivity contribution is 0.445. The molecule has 0 heterocycles. The molecular weight excluding hydrogens is 471 g/mol. The Kier molecular flexibility index (Phi) is 7.97. The van der Waals surface area contributed by atoms with E-state index >= 15 is 0 Å². The first-order valence-electron chi connectivity index (χ1n) is 11.6. The molecule has 0 saturated heterocycles. The molecule has 0 fully saturated rings. The number of hydrogen-bond donors (Lipinski definition) is 0. The van der Waals surface area contributed by atoms with E-state index in [1.807, 2.05) is 78.9 Å². The van der Waals surface area contributed by atoms with Crippen LogP contribution in [-0.2, 0) is 16.5 Å². The molecule has 1 unspecified atom stereocenters. The molecule has 0 saturated carbocycles. The second kappa shape index (κ2) is 11.1. The van der Waals surface area contributed by atoms with Crippen molar-refractivity contribution in [3.63, 3.8) is 0 Å². The molecule has 0 radical (unpaired) electrons. The molecule has 3 nitrogen and oxygen atoms in total. The molecule has 5 heteroatoms. The Bertz CT molecular complexity index is 1240. The molecule has 0 aliphatic carbocycles. The molecule has 4 rings (SSSR count). The first-order chi connectivity index (χ1) is 16.9. The van der Waals surface area contributed by atoms with Crippen molar-refractivity contribution >= 4 is 39.4 Å². The molecule has 0 aromatic heterocycles. The van der Waals surface area contributed by atoms with Crippen molar-refractivity contribution < 1.29 is 13.0 Å². The molecular formula is C30H29O3PS. The van der Waals surface area contributed by atoms with Gasteiger partial charge in [-0.25, -0.2) is 8.42 Å². The highest BCUT2D eigenvalue weighted by molar-refractivity contribution is 7.95. The average Bonchev–Trinajstić information content (AvgIpc) is 2.90. The van der Waals surface area contributed by atoms with Gasteiger partial charge in [-0.1, -0.05) is 91.5 Å². The van der Waals surface area contributed by atoms with Gasteiger partial charge < -0.3 is 4.55 Å². The Balaban J connectivity index is 1.78. The number of benzene rings is 4. The van der Waals surface area contributed by atoms with E-state index in [4.69, 9.17) is 0 Å². The standard InChI is InChI=1S/C30H29O3PS/c1-2-25-18-20-26(21-19-25)24-30(35(31,32)33)22-23-34(27-12-6-3-7-13-27,28-14-8-4-9-15-28)29-16-10-5-11-17-29/h2-21,30H,1,22-24H2. The lowest BCUT2D eigenvalue weighted by Crippen LogP contribution is -2.35. The summed E-state index contributed by atoms with van der Waals surface area (Å²) in [6, 6.07) is 38.4.